The zero-order chi connectivity index (χ0) is 14.1. The van der Waals surface area contributed by atoms with Crippen molar-refractivity contribution in [3.05, 3.63) is 29.8 Å². The van der Waals surface area contributed by atoms with E-state index < -0.39 is 0 Å². The molecule has 2 saturated heterocycles. The highest BCUT2D eigenvalue weighted by Crippen LogP contribution is 2.27. The van der Waals surface area contributed by atoms with E-state index in [1.807, 2.05) is 36.1 Å². The second-order valence-electron chi connectivity index (χ2n) is 5.63. The van der Waals surface area contributed by atoms with Crippen molar-refractivity contribution in [1.82, 2.24) is 4.90 Å². The SMILES string of the molecule is Cc1ccccc1N1CCC(=O)N2CCCCC2C1=O. The van der Waals surface area contributed by atoms with E-state index in [1.54, 1.807) is 4.90 Å². The highest BCUT2D eigenvalue weighted by Gasteiger charge is 2.38. The van der Waals surface area contributed by atoms with Gasteiger partial charge in [0.2, 0.25) is 11.8 Å². The number of aryl methyl sites for hydroxylation is 1. The van der Waals surface area contributed by atoms with Gasteiger partial charge in [0.05, 0.1) is 0 Å². The number of fused-ring (bicyclic) bond motifs is 1. The van der Waals surface area contributed by atoms with E-state index in [9.17, 15) is 9.59 Å². The van der Waals surface area contributed by atoms with Gasteiger partial charge in [-0.15, -0.1) is 0 Å². The van der Waals surface area contributed by atoms with Gasteiger partial charge in [0.15, 0.2) is 0 Å². The van der Waals surface area contributed by atoms with Crippen LogP contribution in [0.15, 0.2) is 24.3 Å². The molecule has 20 heavy (non-hydrogen) atoms. The lowest BCUT2D eigenvalue weighted by Gasteiger charge is -2.34. The summed E-state index contributed by atoms with van der Waals surface area (Å²) in [5.74, 6) is 0.212. The third kappa shape index (κ3) is 2.19. The third-order valence-corrected chi connectivity index (χ3v) is 4.33. The average Bonchev–Trinajstić information content (AvgIpc) is 2.59. The van der Waals surface area contributed by atoms with E-state index in [2.05, 4.69) is 0 Å². The molecule has 0 aromatic heterocycles. The molecule has 4 nitrogen and oxygen atoms in total. The Morgan fingerprint density at radius 1 is 1.10 bits per heavy atom. The lowest BCUT2D eigenvalue weighted by atomic mass is 10.0. The Balaban J connectivity index is 1.95. The van der Waals surface area contributed by atoms with E-state index in [4.69, 9.17) is 0 Å². The number of nitrogens with zero attached hydrogens (tertiary/aromatic N) is 2. The van der Waals surface area contributed by atoms with E-state index >= 15 is 0 Å². The van der Waals surface area contributed by atoms with Gasteiger partial charge < -0.3 is 9.80 Å². The predicted molar refractivity (Wildman–Crippen MR) is 77.5 cm³/mol. The molecule has 2 fully saturated rings. The molecule has 0 bridgehead atoms. The van der Waals surface area contributed by atoms with Crippen LogP contribution in [0.4, 0.5) is 5.69 Å². The molecule has 2 heterocycles. The number of carbonyl (C=O) groups is 2. The summed E-state index contributed by atoms with van der Waals surface area (Å²) in [5, 5.41) is 0. The number of hydrogen-bond donors (Lipinski definition) is 0. The molecule has 1 aromatic rings. The van der Waals surface area contributed by atoms with Crippen LogP contribution >= 0.6 is 0 Å². The first kappa shape index (κ1) is 13.2. The van der Waals surface area contributed by atoms with Gasteiger partial charge in [-0.05, 0) is 37.8 Å². The Morgan fingerprint density at radius 2 is 1.90 bits per heavy atom. The molecule has 2 aliphatic heterocycles. The predicted octanol–water partition coefficient (Wildman–Crippen LogP) is 2.11. The lowest BCUT2D eigenvalue weighted by Crippen LogP contribution is -2.50. The molecule has 1 aromatic carbocycles. The van der Waals surface area contributed by atoms with Crippen molar-refractivity contribution in [2.45, 2.75) is 38.6 Å². The number of anilines is 1. The monoisotopic (exact) mass is 272 g/mol. The van der Waals surface area contributed by atoms with Crippen LogP contribution in [0.3, 0.4) is 0 Å². The molecule has 0 radical (unpaired) electrons. The Morgan fingerprint density at radius 3 is 2.70 bits per heavy atom. The van der Waals surface area contributed by atoms with Crippen LogP contribution < -0.4 is 4.90 Å². The van der Waals surface area contributed by atoms with Crippen molar-refractivity contribution >= 4 is 17.5 Å². The van der Waals surface area contributed by atoms with Crippen LogP contribution in [0.25, 0.3) is 0 Å². The van der Waals surface area contributed by atoms with Crippen molar-refractivity contribution in [2.24, 2.45) is 0 Å². The van der Waals surface area contributed by atoms with Crippen LogP contribution in [0.5, 0.6) is 0 Å². The van der Waals surface area contributed by atoms with Crippen molar-refractivity contribution in [3.63, 3.8) is 0 Å². The van der Waals surface area contributed by atoms with E-state index in [-0.39, 0.29) is 17.9 Å². The Bertz CT molecular complexity index is 541. The first-order valence-electron chi connectivity index (χ1n) is 7.35. The van der Waals surface area contributed by atoms with Crippen LogP contribution in [-0.2, 0) is 9.59 Å². The highest BCUT2D eigenvalue weighted by molar-refractivity contribution is 6.01. The standard InChI is InChI=1S/C16H20N2O2/c1-12-6-2-3-7-13(12)18-11-9-15(19)17-10-5-4-8-14(17)16(18)20/h2-3,6-7,14H,4-5,8-11H2,1H3. The average molecular weight is 272 g/mol. The van der Waals surface area contributed by atoms with Gasteiger partial charge in [-0.2, -0.15) is 0 Å². The smallest absolute Gasteiger partial charge is 0.249 e. The number of rotatable bonds is 1. The maximum absolute atomic E-state index is 12.8. The molecule has 3 rings (SSSR count). The molecule has 4 heteroatoms. The molecule has 106 valence electrons. The summed E-state index contributed by atoms with van der Waals surface area (Å²) in [6, 6.07) is 7.64. The number of amides is 2. The van der Waals surface area contributed by atoms with Crippen LogP contribution in [0.1, 0.15) is 31.2 Å². The maximum atomic E-state index is 12.8. The number of hydrogen-bond acceptors (Lipinski definition) is 2. The molecule has 0 spiro atoms. The Labute approximate surface area is 119 Å². The number of carbonyl (C=O) groups excluding carboxylic acids is 2. The van der Waals surface area contributed by atoms with Crippen LogP contribution in [-0.4, -0.2) is 35.8 Å². The van der Waals surface area contributed by atoms with Gasteiger partial charge in [0.25, 0.3) is 0 Å². The topological polar surface area (TPSA) is 40.6 Å². The van der Waals surface area contributed by atoms with Gasteiger partial charge in [-0.1, -0.05) is 18.2 Å². The van der Waals surface area contributed by atoms with Crippen LogP contribution in [0.2, 0.25) is 0 Å². The maximum Gasteiger partial charge on any atom is 0.249 e. The fraction of sp³-hybridized carbons (Fsp3) is 0.500. The molecular formula is C16H20N2O2. The summed E-state index contributed by atoms with van der Waals surface area (Å²) < 4.78 is 0. The zero-order valence-corrected chi connectivity index (χ0v) is 11.8. The van der Waals surface area contributed by atoms with Gasteiger partial charge >= 0.3 is 0 Å². The molecule has 0 aliphatic carbocycles. The normalized spacial score (nSPS) is 23.6. The molecule has 1 unspecified atom stereocenters. The number of benzene rings is 1. The molecule has 2 aliphatic rings. The summed E-state index contributed by atoms with van der Waals surface area (Å²) in [7, 11) is 0. The first-order chi connectivity index (χ1) is 9.68. The Hall–Kier alpha value is -1.84. The van der Waals surface area contributed by atoms with Crippen molar-refractivity contribution in [2.75, 3.05) is 18.0 Å². The molecular weight excluding hydrogens is 252 g/mol. The zero-order valence-electron chi connectivity index (χ0n) is 11.8. The van der Waals surface area contributed by atoms with E-state index in [0.717, 1.165) is 37.1 Å². The fourth-order valence-electron chi connectivity index (χ4n) is 3.23. The largest absolute Gasteiger partial charge is 0.331 e. The summed E-state index contributed by atoms with van der Waals surface area (Å²) in [6.07, 6.45) is 3.27. The summed E-state index contributed by atoms with van der Waals surface area (Å²) >= 11 is 0. The van der Waals surface area contributed by atoms with Gasteiger partial charge in [0, 0.05) is 25.2 Å². The number of para-hydroxylation sites is 1. The molecule has 1 atom stereocenters. The fourth-order valence-corrected chi connectivity index (χ4v) is 3.23. The van der Waals surface area contributed by atoms with E-state index in [1.165, 1.54) is 0 Å². The third-order valence-electron chi connectivity index (χ3n) is 4.33. The van der Waals surface area contributed by atoms with E-state index in [0.29, 0.717) is 13.0 Å². The van der Waals surface area contributed by atoms with Crippen molar-refractivity contribution in [3.8, 4) is 0 Å². The minimum absolute atomic E-state index is 0.0878. The minimum atomic E-state index is -0.252. The van der Waals surface area contributed by atoms with Crippen molar-refractivity contribution in [1.29, 1.82) is 0 Å². The highest BCUT2D eigenvalue weighted by atomic mass is 16.2. The second kappa shape index (κ2) is 5.27. The minimum Gasteiger partial charge on any atom is -0.331 e. The molecule has 0 saturated carbocycles. The number of piperidine rings is 1. The first-order valence-corrected chi connectivity index (χ1v) is 7.35. The summed E-state index contributed by atoms with van der Waals surface area (Å²) in [6.45, 7) is 3.24. The quantitative estimate of drug-likeness (QED) is 0.785. The molecule has 2 amide bonds. The molecule has 0 N–H and O–H groups in total. The van der Waals surface area contributed by atoms with Crippen LogP contribution in [0, 0.1) is 6.92 Å². The Kier molecular flexibility index (Phi) is 3.47. The summed E-state index contributed by atoms with van der Waals surface area (Å²) in [4.78, 5) is 28.6. The van der Waals surface area contributed by atoms with Gasteiger partial charge in [-0.3, -0.25) is 9.59 Å². The second-order valence-corrected chi connectivity index (χ2v) is 5.63. The summed E-state index contributed by atoms with van der Waals surface area (Å²) in [5.41, 5.74) is 2.02. The van der Waals surface area contributed by atoms with Crippen molar-refractivity contribution < 1.29 is 9.59 Å². The lowest BCUT2D eigenvalue weighted by molar-refractivity contribution is -0.138. The van der Waals surface area contributed by atoms with Gasteiger partial charge in [-0.25, -0.2) is 0 Å². The van der Waals surface area contributed by atoms with Gasteiger partial charge in [0.1, 0.15) is 6.04 Å².